The predicted octanol–water partition coefficient (Wildman–Crippen LogP) is 3.28. The third-order valence-electron chi connectivity index (χ3n) is 4.91. The van der Waals surface area contributed by atoms with Crippen LogP contribution in [0.15, 0.2) is 36.5 Å². The topological polar surface area (TPSA) is 68.7 Å². The Balaban J connectivity index is 1.75. The second kappa shape index (κ2) is 8.66. The molecular formula is C21H24N2O4. The summed E-state index contributed by atoms with van der Waals surface area (Å²) in [7, 11) is 1.53. The fourth-order valence-electron chi connectivity index (χ4n) is 3.38. The summed E-state index contributed by atoms with van der Waals surface area (Å²) in [6, 6.07) is 8.85. The van der Waals surface area contributed by atoms with Crippen LogP contribution in [0.4, 0.5) is 0 Å². The molecule has 6 nitrogen and oxygen atoms in total. The van der Waals surface area contributed by atoms with Crippen LogP contribution in [0.25, 0.3) is 0 Å². The average molecular weight is 368 g/mol. The lowest BCUT2D eigenvalue weighted by atomic mass is 10.0. The van der Waals surface area contributed by atoms with Crippen LogP contribution in [0.1, 0.15) is 45.5 Å². The Morgan fingerprint density at radius 1 is 1.33 bits per heavy atom. The number of rotatable bonds is 6. The molecule has 1 saturated heterocycles. The number of carbonyl (C=O) groups excluding carboxylic acids is 2. The SMILES string of the molecule is COc1cc(C(=O)N2CCCC[C@H]2COc2cccc(C)c2C=O)ccn1. The van der Waals surface area contributed by atoms with Gasteiger partial charge in [-0.15, -0.1) is 0 Å². The van der Waals surface area contributed by atoms with Crippen LogP contribution in [-0.4, -0.2) is 48.4 Å². The van der Waals surface area contributed by atoms with E-state index < -0.39 is 0 Å². The van der Waals surface area contributed by atoms with Crippen molar-refractivity contribution in [2.45, 2.75) is 32.2 Å². The molecule has 142 valence electrons. The monoisotopic (exact) mass is 368 g/mol. The maximum atomic E-state index is 13.0. The van der Waals surface area contributed by atoms with Crippen molar-refractivity contribution in [1.82, 2.24) is 9.88 Å². The molecule has 0 spiro atoms. The van der Waals surface area contributed by atoms with E-state index in [4.69, 9.17) is 9.47 Å². The molecule has 0 bridgehead atoms. The summed E-state index contributed by atoms with van der Waals surface area (Å²) in [6.07, 6.45) is 5.28. The highest BCUT2D eigenvalue weighted by Gasteiger charge is 2.28. The van der Waals surface area contributed by atoms with Crippen molar-refractivity contribution in [3.63, 3.8) is 0 Å². The summed E-state index contributed by atoms with van der Waals surface area (Å²) >= 11 is 0. The second-order valence-electron chi connectivity index (χ2n) is 6.65. The Labute approximate surface area is 159 Å². The van der Waals surface area contributed by atoms with Crippen molar-refractivity contribution in [2.75, 3.05) is 20.3 Å². The lowest BCUT2D eigenvalue weighted by Gasteiger charge is -2.35. The van der Waals surface area contributed by atoms with Crippen LogP contribution in [-0.2, 0) is 0 Å². The van der Waals surface area contributed by atoms with Gasteiger partial charge in [0.05, 0.1) is 18.7 Å². The van der Waals surface area contributed by atoms with Gasteiger partial charge in [0, 0.05) is 24.4 Å². The van der Waals surface area contributed by atoms with Gasteiger partial charge in [0.1, 0.15) is 12.4 Å². The van der Waals surface area contributed by atoms with Gasteiger partial charge < -0.3 is 14.4 Å². The van der Waals surface area contributed by atoms with Crippen molar-refractivity contribution in [1.29, 1.82) is 0 Å². The molecular weight excluding hydrogens is 344 g/mol. The molecule has 1 aliphatic heterocycles. The zero-order valence-electron chi connectivity index (χ0n) is 15.7. The Hall–Kier alpha value is -2.89. The first kappa shape index (κ1) is 18.9. The minimum Gasteiger partial charge on any atom is -0.491 e. The number of aryl methyl sites for hydroxylation is 1. The van der Waals surface area contributed by atoms with Crippen LogP contribution >= 0.6 is 0 Å². The van der Waals surface area contributed by atoms with Gasteiger partial charge in [-0.05, 0) is 43.9 Å². The van der Waals surface area contributed by atoms with E-state index in [0.29, 0.717) is 35.9 Å². The number of nitrogens with zero attached hydrogens (tertiary/aromatic N) is 2. The van der Waals surface area contributed by atoms with Gasteiger partial charge in [-0.3, -0.25) is 9.59 Å². The molecule has 1 aromatic heterocycles. The Bertz CT molecular complexity index is 822. The van der Waals surface area contributed by atoms with E-state index in [-0.39, 0.29) is 11.9 Å². The lowest BCUT2D eigenvalue weighted by Crippen LogP contribution is -2.46. The van der Waals surface area contributed by atoms with Crippen LogP contribution in [0.5, 0.6) is 11.6 Å². The maximum Gasteiger partial charge on any atom is 0.254 e. The first-order chi connectivity index (χ1) is 13.1. The summed E-state index contributed by atoms with van der Waals surface area (Å²) in [5, 5.41) is 0. The molecule has 27 heavy (non-hydrogen) atoms. The smallest absolute Gasteiger partial charge is 0.254 e. The van der Waals surface area contributed by atoms with Crippen molar-refractivity contribution >= 4 is 12.2 Å². The lowest BCUT2D eigenvalue weighted by molar-refractivity contribution is 0.0526. The molecule has 1 atom stereocenters. The van der Waals surface area contributed by atoms with Crippen molar-refractivity contribution in [2.24, 2.45) is 0 Å². The standard InChI is InChI=1S/C21H24N2O4/c1-15-6-5-8-19(18(15)13-24)27-14-17-7-3-4-11-23(17)21(25)16-9-10-22-20(12-16)26-2/h5-6,8-10,12-13,17H,3-4,7,11,14H2,1-2H3/t17-/m0/s1. The van der Waals surface area contributed by atoms with Crippen molar-refractivity contribution < 1.29 is 19.1 Å². The Morgan fingerprint density at radius 2 is 2.19 bits per heavy atom. The number of piperidine rings is 1. The highest BCUT2D eigenvalue weighted by molar-refractivity contribution is 5.94. The summed E-state index contributed by atoms with van der Waals surface area (Å²) < 4.78 is 11.1. The van der Waals surface area contributed by atoms with Crippen molar-refractivity contribution in [3.05, 3.63) is 53.2 Å². The summed E-state index contributed by atoms with van der Waals surface area (Å²) in [6.45, 7) is 2.92. The van der Waals surface area contributed by atoms with Gasteiger partial charge in [-0.1, -0.05) is 12.1 Å². The van der Waals surface area contributed by atoms with Gasteiger partial charge in [-0.25, -0.2) is 4.98 Å². The summed E-state index contributed by atoms with van der Waals surface area (Å²) in [4.78, 5) is 30.3. The van der Waals surface area contributed by atoms with Gasteiger partial charge >= 0.3 is 0 Å². The number of aldehydes is 1. The second-order valence-corrected chi connectivity index (χ2v) is 6.65. The van der Waals surface area contributed by atoms with E-state index in [1.165, 1.54) is 7.11 Å². The zero-order valence-corrected chi connectivity index (χ0v) is 15.7. The maximum absolute atomic E-state index is 13.0. The quantitative estimate of drug-likeness (QED) is 0.732. The molecule has 0 unspecified atom stereocenters. The number of ether oxygens (including phenoxy) is 2. The number of benzene rings is 1. The van der Waals surface area contributed by atoms with Crippen LogP contribution in [0, 0.1) is 6.92 Å². The number of pyridine rings is 1. The molecule has 0 N–H and O–H groups in total. The van der Waals surface area contributed by atoms with E-state index in [0.717, 1.165) is 31.1 Å². The molecule has 1 amide bonds. The van der Waals surface area contributed by atoms with E-state index in [2.05, 4.69) is 4.98 Å². The highest BCUT2D eigenvalue weighted by atomic mass is 16.5. The van der Waals surface area contributed by atoms with Crippen molar-refractivity contribution in [3.8, 4) is 11.6 Å². The first-order valence-electron chi connectivity index (χ1n) is 9.12. The van der Waals surface area contributed by atoms with Gasteiger partial charge in [0.15, 0.2) is 6.29 Å². The van der Waals surface area contributed by atoms with Crippen LogP contribution < -0.4 is 9.47 Å². The Kier molecular flexibility index (Phi) is 6.06. The highest BCUT2D eigenvalue weighted by Crippen LogP contribution is 2.24. The summed E-state index contributed by atoms with van der Waals surface area (Å²) in [5.41, 5.74) is 1.99. The molecule has 1 aromatic carbocycles. The normalized spacial score (nSPS) is 16.7. The molecule has 6 heteroatoms. The van der Waals surface area contributed by atoms with Gasteiger partial charge in [0.25, 0.3) is 5.91 Å². The molecule has 3 rings (SSSR count). The number of carbonyl (C=O) groups is 2. The average Bonchev–Trinajstić information content (AvgIpc) is 2.72. The van der Waals surface area contributed by atoms with Gasteiger partial charge in [0.2, 0.25) is 5.88 Å². The van der Waals surface area contributed by atoms with E-state index >= 15 is 0 Å². The third-order valence-corrected chi connectivity index (χ3v) is 4.91. The minimum atomic E-state index is -0.0520. The number of hydrogen-bond acceptors (Lipinski definition) is 5. The predicted molar refractivity (Wildman–Crippen MR) is 102 cm³/mol. The Morgan fingerprint density at radius 3 is 2.96 bits per heavy atom. The fraction of sp³-hybridized carbons (Fsp3) is 0.381. The zero-order chi connectivity index (χ0) is 19.2. The number of methoxy groups -OCH3 is 1. The number of aromatic nitrogens is 1. The van der Waals surface area contributed by atoms with Crippen LogP contribution in [0.3, 0.4) is 0 Å². The number of hydrogen-bond donors (Lipinski definition) is 0. The van der Waals surface area contributed by atoms with E-state index in [1.54, 1.807) is 24.4 Å². The minimum absolute atomic E-state index is 0.0366. The number of amides is 1. The molecule has 2 aromatic rings. The largest absolute Gasteiger partial charge is 0.491 e. The first-order valence-corrected chi connectivity index (χ1v) is 9.12. The summed E-state index contributed by atoms with van der Waals surface area (Å²) in [5.74, 6) is 0.929. The molecule has 0 radical (unpaired) electrons. The molecule has 2 heterocycles. The van der Waals surface area contributed by atoms with Crippen LogP contribution in [0.2, 0.25) is 0 Å². The fourth-order valence-corrected chi connectivity index (χ4v) is 3.38. The third kappa shape index (κ3) is 4.27. The molecule has 1 fully saturated rings. The molecule has 0 aliphatic carbocycles. The molecule has 0 saturated carbocycles. The number of likely N-dealkylation sites (tertiary alicyclic amines) is 1. The van der Waals surface area contributed by atoms with E-state index in [9.17, 15) is 9.59 Å². The van der Waals surface area contributed by atoms with E-state index in [1.807, 2.05) is 24.0 Å². The molecule has 1 aliphatic rings. The van der Waals surface area contributed by atoms with Gasteiger partial charge in [-0.2, -0.15) is 0 Å².